The molecule has 1 heterocycles. The Kier molecular flexibility index (Phi) is 7.36. The van der Waals surface area contributed by atoms with Crippen molar-refractivity contribution in [3.8, 4) is 0 Å². The van der Waals surface area contributed by atoms with Crippen LogP contribution in [0.15, 0.2) is 12.5 Å². The third-order valence-corrected chi connectivity index (χ3v) is 3.11. The maximum Gasteiger partial charge on any atom is 0.326 e. The van der Waals surface area contributed by atoms with Gasteiger partial charge in [-0.3, -0.25) is 14.4 Å². The first-order valence-electron chi connectivity index (χ1n) is 7.11. The van der Waals surface area contributed by atoms with E-state index in [0.29, 0.717) is 5.69 Å². The van der Waals surface area contributed by atoms with E-state index in [2.05, 4.69) is 20.6 Å². The van der Waals surface area contributed by atoms with E-state index in [9.17, 15) is 19.2 Å². The van der Waals surface area contributed by atoms with Crippen LogP contribution in [0, 0.1) is 0 Å². The van der Waals surface area contributed by atoms with Crippen molar-refractivity contribution in [3.05, 3.63) is 18.2 Å². The highest BCUT2D eigenvalue weighted by molar-refractivity contribution is 5.91. The molecule has 0 unspecified atom stereocenters. The zero-order valence-electron chi connectivity index (χ0n) is 12.8. The Bertz CT molecular complexity index is 588. The number of amides is 3. The number of aromatic amines is 1. The second-order valence-electron chi connectivity index (χ2n) is 5.01. The molecule has 0 bridgehead atoms. The fraction of sp³-hybridized carbons (Fsp3) is 0.462. The standard InChI is InChI=1S/C13H20N6O5/c14-4-11(21)18-9(3-7-5-16-6-17-7)12(22)19-8(13(23)24)1-2-10(15)20/h5-6,8-9H,1-4,14H2,(H2,15,20)(H,16,17)(H,18,21)(H,19,22)(H,23,24)/t8-,9-/m0/s1. The van der Waals surface area contributed by atoms with Crippen LogP contribution in [0.4, 0.5) is 0 Å². The van der Waals surface area contributed by atoms with Gasteiger partial charge in [-0.25, -0.2) is 9.78 Å². The molecule has 0 saturated carbocycles. The van der Waals surface area contributed by atoms with Crippen molar-refractivity contribution in [1.82, 2.24) is 20.6 Å². The molecular weight excluding hydrogens is 320 g/mol. The molecular formula is C13H20N6O5. The molecule has 11 heteroatoms. The highest BCUT2D eigenvalue weighted by Gasteiger charge is 2.27. The SMILES string of the molecule is NCC(=O)N[C@@H](Cc1cnc[nH]1)C(=O)N[C@@H](CCC(N)=O)C(=O)O. The van der Waals surface area contributed by atoms with E-state index in [0.717, 1.165) is 0 Å². The first-order valence-corrected chi connectivity index (χ1v) is 7.11. The minimum absolute atomic E-state index is 0.0692. The van der Waals surface area contributed by atoms with Crippen molar-refractivity contribution in [2.75, 3.05) is 6.54 Å². The maximum atomic E-state index is 12.3. The number of aliphatic carboxylic acids is 1. The van der Waals surface area contributed by atoms with Crippen LogP contribution < -0.4 is 22.1 Å². The summed E-state index contributed by atoms with van der Waals surface area (Å²) in [6.45, 7) is -0.323. The van der Waals surface area contributed by atoms with Gasteiger partial charge < -0.3 is 32.2 Å². The molecule has 8 N–H and O–H groups in total. The van der Waals surface area contributed by atoms with E-state index in [4.69, 9.17) is 16.6 Å². The summed E-state index contributed by atoms with van der Waals surface area (Å²) in [5.74, 6) is -3.28. The number of nitrogens with two attached hydrogens (primary N) is 2. The number of carboxylic acids is 1. The van der Waals surface area contributed by atoms with Gasteiger partial charge >= 0.3 is 5.97 Å². The summed E-state index contributed by atoms with van der Waals surface area (Å²) >= 11 is 0. The molecule has 0 aliphatic rings. The van der Waals surface area contributed by atoms with E-state index in [1.807, 2.05) is 0 Å². The predicted octanol–water partition coefficient (Wildman–Crippen LogP) is -2.77. The zero-order chi connectivity index (χ0) is 18.1. The number of carbonyl (C=O) groups excluding carboxylic acids is 3. The van der Waals surface area contributed by atoms with Gasteiger partial charge in [0.25, 0.3) is 0 Å². The number of aromatic nitrogens is 2. The number of carbonyl (C=O) groups is 4. The van der Waals surface area contributed by atoms with Gasteiger partial charge in [0.1, 0.15) is 12.1 Å². The Morgan fingerprint density at radius 3 is 2.46 bits per heavy atom. The Morgan fingerprint density at radius 2 is 1.96 bits per heavy atom. The van der Waals surface area contributed by atoms with E-state index in [1.54, 1.807) is 0 Å². The van der Waals surface area contributed by atoms with Crippen LogP contribution in [0.1, 0.15) is 18.5 Å². The van der Waals surface area contributed by atoms with Crippen LogP contribution >= 0.6 is 0 Å². The summed E-state index contributed by atoms with van der Waals surface area (Å²) in [6, 6.07) is -2.35. The van der Waals surface area contributed by atoms with Crippen molar-refractivity contribution in [1.29, 1.82) is 0 Å². The number of H-pyrrole nitrogens is 1. The Hall–Kier alpha value is -2.95. The number of hydrogen-bond acceptors (Lipinski definition) is 6. The highest BCUT2D eigenvalue weighted by atomic mass is 16.4. The Balaban J connectivity index is 2.78. The molecule has 2 atom stereocenters. The number of primary amides is 1. The van der Waals surface area contributed by atoms with Gasteiger partial charge in [-0.05, 0) is 6.42 Å². The zero-order valence-corrected chi connectivity index (χ0v) is 12.8. The molecule has 132 valence electrons. The minimum Gasteiger partial charge on any atom is -0.480 e. The molecule has 0 aliphatic carbocycles. The molecule has 11 nitrogen and oxygen atoms in total. The van der Waals surface area contributed by atoms with E-state index in [1.165, 1.54) is 12.5 Å². The fourth-order valence-corrected chi connectivity index (χ4v) is 1.90. The van der Waals surface area contributed by atoms with Crippen molar-refractivity contribution in [3.63, 3.8) is 0 Å². The lowest BCUT2D eigenvalue weighted by Gasteiger charge is -2.20. The van der Waals surface area contributed by atoms with Crippen LogP contribution in [-0.4, -0.2) is 57.4 Å². The number of hydrogen-bond donors (Lipinski definition) is 6. The smallest absolute Gasteiger partial charge is 0.326 e. The second kappa shape index (κ2) is 9.25. The topological polar surface area (TPSA) is 193 Å². The van der Waals surface area contributed by atoms with Crippen LogP contribution in [0.25, 0.3) is 0 Å². The number of nitrogens with zero attached hydrogens (tertiary/aromatic N) is 1. The fourth-order valence-electron chi connectivity index (χ4n) is 1.90. The van der Waals surface area contributed by atoms with Crippen LogP contribution in [0.2, 0.25) is 0 Å². The molecule has 0 spiro atoms. The summed E-state index contributed by atoms with van der Waals surface area (Å²) in [7, 11) is 0. The van der Waals surface area contributed by atoms with E-state index >= 15 is 0 Å². The third-order valence-electron chi connectivity index (χ3n) is 3.11. The lowest BCUT2D eigenvalue weighted by molar-refractivity contribution is -0.142. The van der Waals surface area contributed by atoms with Gasteiger partial charge in [0.05, 0.1) is 12.9 Å². The first-order chi connectivity index (χ1) is 11.3. The predicted molar refractivity (Wildman–Crippen MR) is 81.3 cm³/mol. The normalized spacial score (nSPS) is 12.9. The number of nitrogens with one attached hydrogen (secondary N) is 3. The molecule has 0 aliphatic heterocycles. The van der Waals surface area contributed by atoms with Gasteiger partial charge in [0.2, 0.25) is 17.7 Å². The number of imidazole rings is 1. The maximum absolute atomic E-state index is 12.3. The average molecular weight is 340 g/mol. The van der Waals surface area contributed by atoms with Gasteiger partial charge in [-0.15, -0.1) is 0 Å². The Labute approximate surface area is 137 Å². The number of rotatable bonds is 10. The van der Waals surface area contributed by atoms with Gasteiger partial charge in [0.15, 0.2) is 0 Å². The van der Waals surface area contributed by atoms with Crippen LogP contribution in [-0.2, 0) is 25.6 Å². The molecule has 24 heavy (non-hydrogen) atoms. The van der Waals surface area contributed by atoms with Crippen LogP contribution in [0.3, 0.4) is 0 Å². The Morgan fingerprint density at radius 1 is 1.25 bits per heavy atom. The molecule has 3 amide bonds. The van der Waals surface area contributed by atoms with Gasteiger partial charge in [-0.1, -0.05) is 0 Å². The largest absolute Gasteiger partial charge is 0.480 e. The van der Waals surface area contributed by atoms with Crippen LogP contribution in [0.5, 0.6) is 0 Å². The van der Waals surface area contributed by atoms with Crippen molar-refractivity contribution in [2.24, 2.45) is 11.5 Å². The molecule has 0 saturated heterocycles. The minimum atomic E-state index is -1.31. The molecule has 0 radical (unpaired) electrons. The van der Waals surface area contributed by atoms with Crippen molar-refractivity contribution >= 4 is 23.7 Å². The lowest BCUT2D eigenvalue weighted by atomic mass is 10.1. The average Bonchev–Trinajstić information content (AvgIpc) is 3.02. The summed E-state index contributed by atoms with van der Waals surface area (Å²) in [4.78, 5) is 52.3. The molecule has 1 rings (SSSR count). The monoisotopic (exact) mass is 340 g/mol. The third kappa shape index (κ3) is 6.44. The van der Waals surface area contributed by atoms with Crippen molar-refractivity contribution in [2.45, 2.75) is 31.3 Å². The van der Waals surface area contributed by atoms with Crippen molar-refractivity contribution < 1.29 is 24.3 Å². The lowest BCUT2D eigenvalue weighted by Crippen LogP contribution is -2.53. The molecule has 0 fully saturated rings. The molecule has 0 aromatic carbocycles. The molecule has 1 aromatic rings. The summed E-state index contributed by atoms with van der Waals surface area (Å²) in [5.41, 5.74) is 10.8. The second-order valence-corrected chi connectivity index (χ2v) is 5.01. The summed E-state index contributed by atoms with van der Waals surface area (Å²) in [6.07, 6.45) is 2.59. The summed E-state index contributed by atoms with van der Waals surface area (Å²) in [5, 5.41) is 13.8. The summed E-state index contributed by atoms with van der Waals surface area (Å²) < 4.78 is 0. The highest BCUT2D eigenvalue weighted by Crippen LogP contribution is 2.02. The van der Waals surface area contributed by atoms with Gasteiger partial charge in [-0.2, -0.15) is 0 Å². The van der Waals surface area contributed by atoms with Gasteiger partial charge in [0, 0.05) is 24.7 Å². The molecule has 1 aromatic heterocycles. The van der Waals surface area contributed by atoms with E-state index in [-0.39, 0.29) is 25.8 Å². The quantitative estimate of drug-likeness (QED) is 0.265. The first kappa shape index (κ1) is 19.1. The van der Waals surface area contributed by atoms with E-state index < -0.39 is 35.8 Å². The number of carboxylic acid groups (broad SMARTS) is 1.